The number of hydrogen-bond acceptors (Lipinski definition) is 3. The third kappa shape index (κ3) is 3.37. The Morgan fingerprint density at radius 3 is 2.80 bits per heavy atom. The molecule has 1 aromatic carbocycles. The molecule has 0 spiro atoms. The zero-order chi connectivity index (χ0) is 17.2. The fourth-order valence-electron chi connectivity index (χ4n) is 3.65. The highest BCUT2D eigenvalue weighted by atomic mass is 16.5. The molecule has 1 atom stereocenters. The molecule has 4 rings (SSSR count). The minimum Gasteiger partial charge on any atom is -0.381 e. The van der Waals surface area contributed by atoms with Gasteiger partial charge >= 0.3 is 0 Å². The van der Waals surface area contributed by atoms with Gasteiger partial charge in [-0.05, 0) is 29.5 Å². The van der Waals surface area contributed by atoms with Gasteiger partial charge in [-0.25, -0.2) is 0 Å². The number of amides is 1. The van der Waals surface area contributed by atoms with Crippen LogP contribution in [-0.4, -0.2) is 35.1 Å². The van der Waals surface area contributed by atoms with Crippen molar-refractivity contribution in [1.82, 2.24) is 9.47 Å². The monoisotopic (exact) mass is 338 g/mol. The van der Waals surface area contributed by atoms with Crippen molar-refractivity contribution in [1.29, 1.82) is 0 Å². The van der Waals surface area contributed by atoms with Crippen LogP contribution in [0.4, 0.5) is 0 Å². The molecule has 3 heterocycles. The van der Waals surface area contributed by atoms with E-state index in [-0.39, 0.29) is 17.4 Å². The Morgan fingerprint density at radius 2 is 2.04 bits per heavy atom. The topological polar surface area (TPSA) is 51.5 Å². The maximum absolute atomic E-state index is 12.6. The number of aromatic nitrogens is 1. The molecular weight excluding hydrogens is 316 g/mol. The molecular formula is C20H22N2O3. The average molecular weight is 338 g/mol. The highest BCUT2D eigenvalue weighted by Crippen LogP contribution is 2.22. The molecule has 5 heteroatoms. The second kappa shape index (κ2) is 6.84. The van der Waals surface area contributed by atoms with Gasteiger partial charge in [-0.15, -0.1) is 0 Å². The lowest BCUT2D eigenvalue weighted by molar-refractivity contribution is -0.136. The van der Waals surface area contributed by atoms with E-state index in [9.17, 15) is 9.59 Å². The van der Waals surface area contributed by atoms with Crippen LogP contribution in [0.2, 0.25) is 0 Å². The van der Waals surface area contributed by atoms with Gasteiger partial charge in [0.15, 0.2) is 0 Å². The van der Waals surface area contributed by atoms with Crippen molar-refractivity contribution in [2.75, 3.05) is 19.8 Å². The Balaban J connectivity index is 1.55. The van der Waals surface area contributed by atoms with Crippen molar-refractivity contribution in [3.63, 3.8) is 0 Å². The van der Waals surface area contributed by atoms with Crippen molar-refractivity contribution in [2.24, 2.45) is 5.92 Å². The van der Waals surface area contributed by atoms with E-state index >= 15 is 0 Å². The lowest BCUT2D eigenvalue weighted by Crippen LogP contribution is -2.41. The predicted molar refractivity (Wildman–Crippen MR) is 94.3 cm³/mol. The molecule has 0 saturated carbocycles. The van der Waals surface area contributed by atoms with E-state index in [0.717, 1.165) is 29.5 Å². The number of carbonyl (C=O) groups is 1. The van der Waals surface area contributed by atoms with Crippen LogP contribution in [0.25, 0.3) is 0 Å². The molecule has 130 valence electrons. The van der Waals surface area contributed by atoms with Crippen molar-refractivity contribution < 1.29 is 9.53 Å². The third-order valence-electron chi connectivity index (χ3n) is 5.10. The van der Waals surface area contributed by atoms with E-state index in [2.05, 4.69) is 0 Å². The number of hydrogen-bond donors (Lipinski definition) is 0. The van der Waals surface area contributed by atoms with E-state index in [4.69, 9.17) is 4.74 Å². The normalized spacial score (nSPS) is 19.7. The first-order valence-corrected chi connectivity index (χ1v) is 8.83. The SMILES string of the molecule is O=C(C1CCOC1)N1CCc2cc(=O)n(Cc3ccccc3)cc2C1. The van der Waals surface area contributed by atoms with Gasteiger partial charge < -0.3 is 14.2 Å². The molecule has 0 bridgehead atoms. The smallest absolute Gasteiger partial charge is 0.251 e. The fraction of sp³-hybridized carbons (Fsp3) is 0.400. The summed E-state index contributed by atoms with van der Waals surface area (Å²) in [6, 6.07) is 11.7. The Labute approximate surface area is 146 Å². The highest BCUT2D eigenvalue weighted by molar-refractivity contribution is 5.79. The summed E-state index contributed by atoms with van der Waals surface area (Å²) < 4.78 is 7.08. The van der Waals surface area contributed by atoms with Crippen molar-refractivity contribution >= 4 is 5.91 Å². The minimum atomic E-state index is -0.00299. The summed E-state index contributed by atoms with van der Waals surface area (Å²) in [5, 5.41) is 0. The Bertz CT molecular complexity index is 823. The summed E-state index contributed by atoms with van der Waals surface area (Å²) in [7, 11) is 0. The van der Waals surface area contributed by atoms with Crippen LogP contribution in [0.5, 0.6) is 0 Å². The Hall–Kier alpha value is -2.40. The van der Waals surface area contributed by atoms with Crippen molar-refractivity contribution in [3.8, 4) is 0 Å². The van der Waals surface area contributed by atoms with Crippen molar-refractivity contribution in [2.45, 2.75) is 25.9 Å². The van der Waals surface area contributed by atoms with Crippen LogP contribution in [0.3, 0.4) is 0 Å². The maximum atomic E-state index is 12.6. The third-order valence-corrected chi connectivity index (χ3v) is 5.10. The molecule has 1 fully saturated rings. The van der Waals surface area contributed by atoms with Gasteiger partial charge in [0, 0.05) is 32.0 Å². The van der Waals surface area contributed by atoms with E-state index < -0.39 is 0 Å². The van der Waals surface area contributed by atoms with Crippen LogP contribution < -0.4 is 5.56 Å². The first-order valence-electron chi connectivity index (χ1n) is 8.83. The first-order chi connectivity index (χ1) is 12.2. The summed E-state index contributed by atoms with van der Waals surface area (Å²) in [4.78, 5) is 26.9. The molecule has 1 saturated heterocycles. The van der Waals surface area contributed by atoms with E-state index in [1.54, 1.807) is 10.6 Å². The first kappa shape index (κ1) is 16.1. The number of fused-ring (bicyclic) bond motifs is 1. The molecule has 0 N–H and O–H groups in total. The van der Waals surface area contributed by atoms with Crippen LogP contribution in [0.15, 0.2) is 47.4 Å². The summed E-state index contributed by atoms with van der Waals surface area (Å²) in [5.74, 6) is 0.181. The Morgan fingerprint density at radius 1 is 1.20 bits per heavy atom. The summed E-state index contributed by atoms with van der Waals surface area (Å²) in [6.07, 6.45) is 3.49. The van der Waals surface area contributed by atoms with Crippen LogP contribution in [0.1, 0.15) is 23.1 Å². The van der Waals surface area contributed by atoms with E-state index in [1.165, 1.54) is 0 Å². The van der Waals surface area contributed by atoms with Gasteiger partial charge in [-0.1, -0.05) is 30.3 Å². The molecule has 1 unspecified atom stereocenters. The van der Waals surface area contributed by atoms with Gasteiger partial charge in [-0.3, -0.25) is 9.59 Å². The second-order valence-electron chi connectivity index (χ2n) is 6.85. The fourth-order valence-corrected chi connectivity index (χ4v) is 3.65. The zero-order valence-electron chi connectivity index (χ0n) is 14.2. The number of nitrogens with zero attached hydrogens (tertiary/aromatic N) is 2. The lowest BCUT2D eigenvalue weighted by atomic mass is 9.99. The summed E-state index contributed by atoms with van der Waals surface area (Å²) >= 11 is 0. The Kier molecular flexibility index (Phi) is 4.40. The number of rotatable bonds is 3. The molecule has 0 aliphatic carbocycles. The van der Waals surface area contributed by atoms with Crippen molar-refractivity contribution in [3.05, 3.63) is 69.6 Å². The highest BCUT2D eigenvalue weighted by Gasteiger charge is 2.30. The van der Waals surface area contributed by atoms with Crippen LogP contribution in [0, 0.1) is 5.92 Å². The predicted octanol–water partition coefficient (Wildman–Crippen LogP) is 1.82. The zero-order valence-corrected chi connectivity index (χ0v) is 14.2. The van der Waals surface area contributed by atoms with E-state index in [1.807, 2.05) is 41.4 Å². The summed E-state index contributed by atoms with van der Waals surface area (Å²) in [5.41, 5.74) is 3.26. The molecule has 25 heavy (non-hydrogen) atoms. The molecule has 2 aromatic rings. The minimum absolute atomic E-state index is 0.00299. The number of carbonyl (C=O) groups excluding carboxylic acids is 1. The van der Waals surface area contributed by atoms with Gasteiger partial charge in [0.05, 0.1) is 19.1 Å². The van der Waals surface area contributed by atoms with Crippen LogP contribution >= 0.6 is 0 Å². The van der Waals surface area contributed by atoms with Gasteiger partial charge in [-0.2, -0.15) is 0 Å². The van der Waals surface area contributed by atoms with Gasteiger partial charge in [0.1, 0.15) is 0 Å². The second-order valence-corrected chi connectivity index (χ2v) is 6.85. The molecule has 2 aliphatic rings. The lowest BCUT2D eigenvalue weighted by Gasteiger charge is -2.31. The number of ether oxygens (including phenoxy) is 1. The molecule has 2 aliphatic heterocycles. The average Bonchev–Trinajstić information content (AvgIpc) is 3.17. The summed E-state index contributed by atoms with van der Waals surface area (Å²) in [6.45, 7) is 3.04. The largest absolute Gasteiger partial charge is 0.381 e. The number of pyridine rings is 1. The van der Waals surface area contributed by atoms with Gasteiger partial charge in [0.2, 0.25) is 5.91 Å². The molecule has 1 aromatic heterocycles. The maximum Gasteiger partial charge on any atom is 0.251 e. The standard InChI is InChI=1S/C20H22N2O3/c23-19-10-16-6-8-21(20(24)17-7-9-25-14-17)12-18(16)13-22(19)11-15-4-2-1-3-5-15/h1-5,10,13,17H,6-9,11-12,14H2. The molecule has 1 amide bonds. The molecule has 5 nitrogen and oxygen atoms in total. The number of benzene rings is 1. The van der Waals surface area contributed by atoms with Crippen LogP contribution in [-0.2, 0) is 29.0 Å². The quantitative estimate of drug-likeness (QED) is 0.858. The van der Waals surface area contributed by atoms with Gasteiger partial charge in [0.25, 0.3) is 5.56 Å². The molecule has 0 radical (unpaired) electrons. The van der Waals surface area contributed by atoms with E-state index in [0.29, 0.717) is 32.8 Å².